The smallest absolute Gasteiger partial charge is 0.0901 e. The van der Waals surface area contributed by atoms with Crippen LogP contribution in [-0.2, 0) is 0 Å². The van der Waals surface area contributed by atoms with Gasteiger partial charge in [-0.3, -0.25) is 9.97 Å². The van der Waals surface area contributed by atoms with E-state index < -0.39 is 0 Å². The van der Waals surface area contributed by atoms with Crippen LogP contribution in [0.15, 0.2) is 30.6 Å². The SMILES string of the molecule is Clc1cnc2cccnc2c1. The first-order chi connectivity index (χ1) is 5.36. The Kier molecular flexibility index (Phi) is 1.47. The maximum Gasteiger partial charge on any atom is 0.0901 e. The van der Waals surface area contributed by atoms with Gasteiger partial charge in [-0.15, -0.1) is 0 Å². The van der Waals surface area contributed by atoms with Crippen molar-refractivity contribution in [1.29, 1.82) is 0 Å². The van der Waals surface area contributed by atoms with Gasteiger partial charge in [0.1, 0.15) is 0 Å². The lowest BCUT2D eigenvalue weighted by molar-refractivity contribution is 1.34. The highest BCUT2D eigenvalue weighted by atomic mass is 35.5. The van der Waals surface area contributed by atoms with Crippen molar-refractivity contribution < 1.29 is 0 Å². The zero-order valence-corrected chi connectivity index (χ0v) is 6.42. The van der Waals surface area contributed by atoms with Crippen LogP contribution in [-0.4, -0.2) is 9.97 Å². The molecule has 2 aromatic rings. The second kappa shape index (κ2) is 2.47. The third kappa shape index (κ3) is 1.17. The average Bonchev–Trinajstić information content (AvgIpc) is 2.04. The van der Waals surface area contributed by atoms with Crippen molar-refractivity contribution in [2.24, 2.45) is 0 Å². The molecule has 0 aliphatic carbocycles. The number of fused-ring (bicyclic) bond motifs is 1. The van der Waals surface area contributed by atoms with Gasteiger partial charge in [-0.25, -0.2) is 0 Å². The van der Waals surface area contributed by atoms with Gasteiger partial charge in [-0.1, -0.05) is 11.6 Å². The molecule has 54 valence electrons. The molecule has 2 heterocycles. The topological polar surface area (TPSA) is 25.8 Å². The lowest BCUT2D eigenvalue weighted by Gasteiger charge is -1.93. The van der Waals surface area contributed by atoms with Crippen LogP contribution in [0.25, 0.3) is 11.0 Å². The number of pyridine rings is 2. The van der Waals surface area contributed by atoms with Crippen LogP contribution in [0.2, 0.25) is 5.02 Å². The molecule has 2 aromatic heterocycles. The molecule has 0 bridgehead atoms. The van der Waals surface area contributed by atoms with Gasteiger partial charge in [0.05, 0.1) is 16.1 Å². The predicted octanol–water partition coefficient (Wildman–Crippen LogP) is 2.28. The van der Waals surface area contributed by atoms with Gasteiger partial charge >= 0.3 is 0 Å². The summed E-state index contributed by atoms with van der Waals surface area (Å²) in [6.45, 7) is 0. The molecular formula is C8H5ClN2. The molecule has 2 nitrogen and oxygen atoms in total. The van der Waals surface area contributed by atoms with E-state index >= 15 is 0 Å². The molecule has 0 atom stereocenters. The van der Waals surface area contributed by atoms with E-state index in [1.807, 2.05) is 12.1 Å². The van der Waals surface area contributed by atoms with Crippen LogP contribution in [0, 0.1) is 0 Å². The molecule has 0 spiro atoms. The van der Waals surface area contributed by atoms with E-state index in [-0.39, 0.29) is 0 Å². The Morgan fingerprint density at radius 1 is 1.18 bits per heavy atom. The molecule has 0 saturated heterocycles. The van der Waals surface area contributed by atoms with E-state index in [0.717, 1.165) is 11.0 Å². The van der Waals surface area contributed by atoms with Crippen molar-refractivity contribution in [3.63, 3.8) is 0 Å². The molecule has 0 aliphatic heterocycles. The summed E-state index contributed by atoms with van der Waals surface area (Å²) in [5.74, 6) is 0. The first-order valence-electron chi connectivity index (χ1n) is 3.22. The summed E-state index contributed by atoms with van der Waals surface area (Å²) in [6, 6.07) is 5.55. The van der Waals surface area contributed by atoms with Gasteiger partial charge in [-0.05, 0) is 18.2 Å². The Hall–Kier alpha value is -1.15. The molecule has 0 aliphatic rings. The van der Waals surface area contributed by atoms with Crippen molar-refractivity contribution in [3.8, 4) is 0 Å². The number of halogens is 1. The lowest BCUT2D eigenvalue weighted by atomic mass is 10.3. The summed E-state index contributed by atoms with van der Waals surface area (Å²) >= 11 is 5.72. The standard InChI is InChI=1S/C8H5ClN2/c9-6-4-8-7(11-5-6)2-1-3-10-8/h1-5H. The van der Waals surface area contributed by atoms with Gasteiger partial charge in [0.15, 0.2) is 0 Å². The molecule has 2 rings (SSSR count). The van der Waals surface area contributed by atoms with Crippen LogP contribution in [0.4, 0.5) is 0 Å². The van der Waals surface area contributed by atoms with E-state index in [1.54, 1.807) is 18.5 Å². The van der Waals surface area contributed by atoms with Crippen molar-refractivity contribution in [3.05, 3.63) is 35.6 Å². The molecule has 0 fully saturated rings. The number of nitrogens with zero attached hydrogens (tertiary/aromatic N) is 2. The highest BCUT2D eigenvalue weighted by molar-refractivity contribution is 6.31. The fourth-order valence-electron chi connectivity index (χ4n) is 0.928. The summed E-state index contributed by atoms with van der Waals surface area (Å²) in [5.41, 5.74) is 1.71. The third-order valence-electron chi connectivity index (χ3n) is 1.42. The molecule has 3 heteroatoms. The fraction of sp³-hybridized carbons (Fsp3) is 0. The van der Waals surface area contributed by atoms with Crippen molar-refractivity contribution in [2.75, 3.05) is 0 Å². The van der Waals surface area contributed by atoms with Gasteiger partial charge in [0.2, 0.25) is 0 Å². The molecule has 0 N–H and O–H groups in total. The van der Waals surface area contributed by atoms with Crippen molar-refractivity contribution >= 4 is 22.6 Å². The van der Waals surface area contributed by atoms with E-state index in [0.29, 0.717) is 5.02 Å². The Balaban J connectivity index is 2.83. The van der Waals surface area contributed by atoms with Gasteiger partial charge in [0, 0.05) is 12.4 Å². The molecule has 0 unspecified atom stereocenters. The van der Waals surface area contributed by atoms with E-state index in [9.17, 15) is 0 Å². The molecule has 0 radical (unpaired) electrons. The Morgan fingerprint density at radius 2 is 2.09 bits per heavy atom. The van der Waals surface area contributed by atoms with E-state index in [4.69, 9.17) is 11.6 Å². The zero-order valence-electron chi connectivity index (χ0n) is 5.66. The van der Waals surface area contributed by atoms with Crippen LogP contribution >= 0.6 is 11.6 Å². The van der Waals surface area contributed by atoms with E-state index in [2.05, 4.69) is 9.97 Å². The second-order valence-electron chi connectivity index (χ2n) is 2.20. The van der Waals surface area contributed by atoms with Crippen molar-refractivity contribution in [1.82, 2.24) is 9.97 Å². The summed E-state index contributed by atoms with van der Waals surface area (Å²) in [7, 11) is 0. The van der Waals surface area contributed by atoms with Gasteiger partial charge in [-0.2, -0.15) is 0 Å². The van der Waals surface area contributed by atoms with Crippen LogP contribution in [0.3, 0.4) is 0 Å². The first-order valence-corrected chi connectivity index (χ1v) is 3.60. The Labute approximate surface area is 68.9 Å². The maximum atomic E-state index is 5.72. The van der Waals surface area contributed by atoms with Crippen LogP contribution < -0.4 is 0 Å². The Morgan fingerprint density at radius 3 is 3.00 bits per heavy atom. The Bertz CT molecular complexity index is 387. The predicted molar refractivity (Wildman–Crippen MR) is 44.5 cm³/mol. The number of hydrogen-bond acceptors (Lipinski definition) is 2. The van der Waals surface area contributed by atoms with Crippen molar-refractivity contribution in [2.45, 2.75) is 0 Å². The normalized spacial score (nSPS) is 10.3. The highest BCUT2D eigenvalue weighted by Crippen LogP contribution is 2.12. The summed E-state index contributed by atoms with van der Waals surface area (Å²) in [5, 5.41) is 0.621. The first kappa shape index (κ1) is 6.55. The average molecular weight is 165 g/mol. The third-order valence-corrected chi connectivity index (χ3v) is 1.62. The molecule has 0 aromatic carbocycles. The molecular weight excluding hydrogens is 160 g/mol. The second-order valence-corrected chi connectivity index (χ2v) is 2.63. The maximum absolute atomic E-state index is 5.72. The number of hydrogen-bond donors (Lipinski definition) is 0. The lowest BCUT2D eigenvalue weighted by Crippen LogP contribution is -1.80. The largest absolute Gasteiger partial charge is 0.255 e. The van der Waals surface area contributed by atoms with Crippen LogP contribution in [0.1, 0.15) is 0 Å². The minimum absolute atomic E-state index is 0.621. The fourth-order valence-corrected chi connectivity index (χ4v) is 1.08. The van der Waals surface area contributed by atoms with Crippen LogP contribution in [0.5, 0.6) is 0 Å². The number of aromatic nitrogens is 2. The summed E-state index contributed by atoms with van der Waals surface area (Å²) < 4.78 is 0. The quantitative estimate of drug-likeness (QED) is 0.597. The summed E-state index contributed by atoms with van der Waals surface area (Å²) in [4.78, 5) is 8.18. The monoisotopic (exact) mass is 164 g/mol. The molecule has 0 amide bonds. The van der Waals surface area contributed by atoms with Gasteiger partial charge in [0.25, 0.3) is 0 Å². The summed E-state index contributed by atoms with van der Waals surface area (Å²) in [6.07, 6.45) is 3.34. The highest BCUT2D eigenvalue weighted by Gasteiger charge is 1.93. The minimum atomic E-state index is 0.621. The van der Waals surface area contributed by atoms with E-state index in [1.165, 1.54) is 0 Å². The molecule has 11 heavy (non-hydrogen) atoms. The number of rotatable bonds is 0. The zero-order chi connectivity index (χ0) is 7.68. The minimum Gasteiger partial charge on any atom is -0.255 e. The molecule has 0 saturated carbocycles. The van der Waals surface area contributed by atoms with Gasteiger partial charge < -0.3 is 0 Å².